The molecule has 0 amide bonds. The molecule has 2 aliphatic rings. The Morgan fingerprint density at radius 3 is 2.61 bits per heavy atom. The number of hydrogen-bond acceptors (Lipinski definition) is 3. The van der Waals surface area contributed by atoms with Gasteiger partial charge in [-0.05, 0) is 30.6 Å². The van der Waals surface area contributed by atoms with Gasteiger partial charge in [0.15, 0.2) is 0 Å². The lowest BCUT2D eigenvalue weighted by Crippen LogP contribution is -2.52. The second-order valence-electron chi connectivity index (χ2n) is 6.24. The predicted octanol–water partition coefficient (Wildman–Crippen LogP) is 0.680. The fourth-order valence-corrected chi connectivity index (χ4v) is 4.27. The topological polar surface area (TPSA) is 75.4 Å². The quantitative estimate of drug-likeness (QED) is 0.775. The van der Waals surface area contributed by atoms with E-state index in [9.17, 15) is 8.42 Å². The van der Waals surface area contributed by atoms with E-state index in [1.165, 1.54) is 0 Å². The number of nitrogens with one attached hydrogen (secondary N) is 1. The van der Waals surface area contributed by atoms with Crippen LogP contribution >= 0.6 is 0 Å². The molecule has 0 spiro atoms. The van der Waals surface area contributed by atoms with Crippen LogP contribution in [0.2, 0.25) is 0 Å². The summed E-state index contributed by atoms with van der Waals surface area (Å²) in [6.45, 7) is 5.93. The van der Waals surface area contributed by atoms with Gasteiger partial charge in [0.05, 0.1) is 0 Å². The van der Waals surface area contributed by atoms with E-state index in [4.69, 9.17) is 5.73 Å². The molecule has 1 saturated heterocycles. The summed E-state index contributed by atoms with van der Waals surface area (Å²) in [7, 11) is -3.35. The lowest BCUT2D eigenvalue weighted by Gasteiger charge is -2.33. The summed E-state index contributed by atoms with van der Waals surface area (Å²) in [5.74, 6) is 0.480. The van der Waals surface area contributed by atoms with Gasteiger partial charge in [-0.2, -0.15) is 12.7 Å². The summed E-state index contributed by atoms with van der Waals surface area (Å²) in [6, 6.07) is -0.0246. The minimum atomic E-state index is -3.35. The monoisotopic (exact) mass is 275 g/mol. The van der Waals surface area contributed by atoms with Crippen molar-refractivity contribution in [2.24, 2.45) is 17.1 Å². The Balaban J connectivity index is 1.92. The van der Waals surface area contributed by atoms with Crippen LogP contribution in [0.15, 0.2) is 0 Å². The second-order valence-corrected chi connectivity index (χ2v) is 7.95. The lowest BCUT2D eigenvalue weighted by atomic mass is 10.1. The Kier molecular flexibility index (Phi) is 4.02. The molecule has 2 atom stereocenters. The summed E-state index contributed by atoms with van der Waals surface area (Å²) in [5, 5.41) is 0. The number of piperidine rings is 1. The first-order valence-electron chi connectivity index (χ1n) is 6.83. The van der Waals surface area contributed by atoms with Gasteiger partial charge in [0.1, 0.15) is 0 Å². The van der Waals surface area contributed by atoms with E-state index >= 15 is 0 Å². The van der Waals surface area contributed by atoms with E-state index < -0.39 is 10.2 Å². The van der Waals surface area contributed by atoms with Gasteiger partial charge in [-0.1, -0.05) is 20.3 Å². The van der Waals surface area contributed by atoms with Crippen molar-refractivity contribution in [1.82, 2.24) is 9.03 Å². The molecule has 2 rings (SSSR count). The molecule has 1 heterocycles. The molecule has 0 aromatic heterocycles. The van der Waals surface area contributed by atoms with Crippen molar-refractivity contribution in [3.63, 3.8) is 0 Å². The van der Waals surface area contributed by atoms with Crippen molar-refractivity contribution in [2.75, 3.05) is 19.6 Å². The zero-order chi connectivity index (χ0) is 13.4. The van der Waals surface area contributed by atoms with E-state index in [-0.39, 0.29) is 6.04 Å². The molecule has 3 N–H and O–H groups in total. The molecule has 2 fully saturated rings. The average Bonchev–Trinajstić information content (AvgIpc) is 2.95. The van der Waals surface area contributed by atoms with Crippen LogP contribution in [0.3, 0.4) is 0 Å². The van der Waals surface area contributed by atoms with E-state index in [1.54, 1.807) is 4.31 Å². The van der Waals surface area contributed by atoms with Crippen LogP contribution in [0.1, 0.15) is 39.5 Å². The Bertz CT molecular complexity index is 394. The molecule has 0 aromatic rings. The molecule has 5 nitrogen and oxygen atoms in total. The van der Waals surface area contributed by atoms with Gasteiger partial charge in [0, 0.05) is 25.7 Å². The highest BCUT2D eigenvalue weighted by molar-refractivity contribution is 7.87. The predicted molar refractivity (Wildman–Crippen MR) is 72.2 cm³/mol. The first-order valence-corrected chi connectivity index (χ1v) is 8.27. The molecule has 2 unspecified atom stereocenters. The summed E-state index contributed by atoms with van der Waals surface area (Å²) in [4.78, 5) is 0. The molecule has 6 heteroatoms. The van der Waals surface area contributed by atoms with Crippen molar-refractivity contribution in [3.8, 4) is 0 Å². The SMILES string of the molecule is CC1(C)CC1CNS(=O)(=O)N1CCCCC1CN. The average molecular weight is 275 g/mol. The van der Waals surface area contributed by atoms with Crippen molar-refractivity contribution in [2.45, 2.75) is 45.6 Å². The van der Waals surface area contributed by atoms with Crippen LogP contribution in [0.4, 0.5) is 0 Å². The van der Waals surface area contributed by atoms with Crippen LogP contribution in [0.5, 0.6) is 0 Å². The molecule has 0 aromatic carbocycles. The van der Waals surface area contributed by atoms with Gasteiger partial charge in [-0.25, -0.2) is 4.72 Å². The van der Waals surface area contributed by atoms with Crippen LogP contribution in [-0.2, 0) is 10.2 Å². The van der Waals surface area contributed by atoms with Crippen LogP contribution < -0.4 is 10.5 Å². The third kappa shape index (κ3) is 3.04. The fraction of sp³-hybridized carbons (Fsp3) is 1.00. The van der Waals surface area contributed by atoms with Gasteiger partial charge < -0.3 is 5.73 Å². The number of nitrogens with two attached hydrogens (primary N) is 1. The first kappa shape index (κ1) is 14.2. The smallest absolute Gasteiger partial charge is 0.279 e. The van der Waals surface area contributed by atoms with E-state index in [2.05, 4.69) is 18.6 Å². The highest BCUT2D eigenvalue weighted by Gasteiger charge is 2.46. The highest BCUT2D eigenvalue weighted by atomic mass is 32.2. The highest BCUT2D eigenvalue weighted by Crippen LogP contribution is 2.51. The van der Waals surface area contributed by atoms with E-state index in [0.717, 1.165) is 25.7 Å². The molecule has 18 heavy (non-hydrogen) atoms. The fourth-order valence-electron chi connectivity index (χ4n) is 2.74. The summed E-state index contributed by atoms with van der Waals surface area (Å²) in [5.41, 5.74) is 5.97. The number of rotatable bonds is 5. The minimum absolute atomic E-state index is 0.0246. The summed E-state index contributed by atoms with van der Waals surface area (Å²) < 4.78 is 28.8. The molecule has 0 bridgehead atoms. The van der Waals surface area contributed by atoms with Crippen LogP contribution in [0.25, 0.3) is 0 Å². The summed E-state index contributed by atoms with van der Waals surface area (Å²) >= 11 is 0. The Labute approximate surface area is 110 Å². The Morgan fingerprint density at radius 1 is 1.39 bits per heavy atom. The van der Waals surface area contributed by atoms with Gasteiger partial charge >= 0.3 is 0 Å². The van der Waals surface area contributed by atoms with Crippen molar-refractivity contribution in [1.29, 1.82) is 0 Å². The zero-order valence-electron chi connectivity index (χ0n) is 11.4. The second kappa shape index (κ2) is 5.07. The molecule has 0 radical (unpaired) electrons. The van der Waals surface area contributed by atoms with Gasteiger partial charge in [0.25, 0.3) is 10.2 Å². The van der Waals surface area contributed by atoms with Crippen molar-refractivity contribution in [3.05, 3.63) is 0 Å². The van der Waals surface area contributed by atoms with Gasteiger partial charge in [-0.15, -0.1) is 0 Å². The molecule has 106 valence electrons. The molecular formula is C12H25N3O2S. The number of nitrogens with zero attached hydrogens (tertiary/aromatic N) is 1. The normalized spacial score (nSPS) is 32.4. The molecular weight excluding hydrogens is 250 g/mol. The molecule has 1 aliphatic heterocycles. The Morgan fingerprint density at radius 2 is 2.06 bits per heavy atom. The standard InChI is InChI=1S/C12H25N3O2S/c1-12(2)7-10(12)9-14-18(16,17)15-6-4-3-5-11(15)8-13/h10-11,14H,3-9,13H2,1-2H3. The molecule has 1 aliphatic carbocycles. The van der Waals surface area contributed by atoms with Crippen molar-refractivity contribution >= 4 is 10.2 Å². The maximum absolute atomic E-state index is 12.3. The minimum Gasteiger partial charge on any atom is -0.329 e. The lowest BCUT2D eigenvalue weighted by molar-refractivity contribution is 0.254. The Hall–Kier alpha value is -0.170. The molecule has 1 saturated carbocycles. The maximum atomic E-state index is 12.3. The summed E-state index contributed by atoms with van der Waals surface area (Å²) in [6.07, 6.45) is 4.00. The zero-order valence-corrected chi connectivity index (χ0v) is 12.2. The third-order valence-corrected chi connectivity index (χ3v) is 6.01. The van der Waals surface area contributed by atoms with Crippen molar-refractivity contribution < 1.29 is 8.42 Å². The maximum Gasteiger partial charge on any atom is 0.279 e. The van der Waals surface area contributed by atoms with Crippen LogP contribution in [0, 0.1) is 11.3 Å². The van der Waals surface area contributed by atoms with Gasteiger partial charge in [0.2, 0.25) is 0 Å². The van der Waals surface area contributed by atoms with Crippen LogP contribution in [-0.4, -0.2) is 38.4 Å². The largest absolute Gasteiger partial charge is 0.329 e. The van der Waals surface area contributed by atoms with E-state index in [0.29, 0.717) is 31.0 Å². The third-order valence-electron chi connectivity index (χ3n) is 4.38. The number of hydrogen-bond donors (Lipinski definition) is 2. The van der Waals surface area contributed by atoms with Gasteiger partial charge in [-0.3, -0.25) is 0 Å². The van der Waals surface area contributed by atoms with E-state index in [1.807, 2.05) is 0 Å². The first-order chi connectivity index (χ1) is 8.37.